The molecule has 3 heterocycles. The molecule has 2 aliphatic heterocycles. The molecule has 0 spiro atoms. The van der Waals surface area contributed by atoms with Gasteiger partial charge in [-0.15, -0.1) is 0 Å². The highest BCUT2D eigenvalue weighted by Crippen LogP contribution is 2.31. The number of rotatable bonds is 4. The van der Waals surface area contributed by atoms with Crippen LogP contribution in [0.3, 0.4) is 0 Å². The minimum Gasteiger partial charge on any atom is -0.493 e. The molecule has 0 bridgehead atoms. The van der Waals surface area contributed by atoms with Crippen molar-refractivity contribution in [1.82, 2.24) is 9.88 Å². The van der Waals surface area contributed by atoms with E-state index in [0.717, 1.165) is 22.8 Å². The van der Waals surface area contributed by atoms with Crippen LogP contribution in [0.25, 0.3) is 17.2 Å². The molecule has 1 aromatic heterocycles. The van der Waals surface area contributed by atoms with Gasteiger partial charge in [0.15, 0.2) is 11.5 Å². The smallest absolute Gasteiger partial charge is 0.261 e. The topological polar surface area (TPSA) is 64.8 Å². The van der Waals surface area contributed by atoms with Crippen LogP contribution in [-0.2, 0) is 0 Å². The van der Waals surface area contributed by atoms with Crippen molar-refractivity contribution in [3.8, 4) is 22.6 Å². The van der Waals surface area contributed by atoms with Gasteiger partial charge < -0.3 is 14.8 Å². The molecule has 0 atom stereocenters. The Morgan fingerprint density at radius 1 is 1.22 bits per heavy atom. The van der Waals surface area contributed by atoms with Gasteiger partial charge in [-0.1, -0.05) is 18.2 Å². The number of allylic oxidation sites excluding steroid dienone is 2. The Bertz CT molecular complexity index is 1080. The number of ether oxygens (including phenoxy) is 2. The van der Waals surface area contributed by atoms with Gasteiger partial charge in [0.25, 0.3) is 5.91 Å². The highest BCUT2D eigenvalue weighted by molar-refractivity contribution is 5.97. The first-order chi connectivity index (χ1) is 13.2. The van der Waals surface area contributed by atoms with Crippen LogP contribution < -0.4 is 25.5 Å². The van der Waals surface area contributed by atoms with Crippen molar-refractivity contribution in [2.45, 2.75) is 6.42 Å². The molecule has 6 nitrogen and oxygen atoms in total. The molecular weight excluding hydrogens is 342 g/mol. The van der Waals surface area contributed by atoms with Gasteiger partial charge in [0.2, 0.25) is 0 Å². The van der Waals surface area contributed by atoms with E-state index in [0.29, 0.717) is 35.6 Å². The number of hydrogen-bond acceptors (Lipinski definition) is 5. The van der Waals surface area contributed by atoms with Gasteiger partial charge in [-0.05, 0) is 36.4 Å². The fraction of sp³-hybridized carbons (Fsp3) is 0.238. The third-order valence-corrected chi connectivity index (χ3v) is 4.75. The van der Waals surface area contributed by atoms with Gasteiger partial charge in [0, 0.05) is 35.6 Å². The van der Waals surface area contributed by atoms with Crippen molar-refractivity contribution in [1.29, 1.82) is 0 Å². The molecule has 0 fully saturated rings. The molecule has 0 unspecified atom stereocenters. The standard InChI is InChI=1S/C21H21N3O3/c1-26-18-8-7-14(11-19(18)27-2)17-13-24(20-16(17)6-4-10-23-20)21(25)15-5-3-9-22-12-15/h3,5-9,11,13,22H,4,10,12H2,1-2H3. The second-order valence-corrected chi connectivity index (χ2v) is 6.33. The minimum atomic E-state index is -0.0612. The molecule has 1 N–H and O–H groups in total. The summed E-state index contributed by atoms with van der Waals surface area (Å²) in [6.45, 7) is 1.20. The zero-order valence-electron chi connectivity index (χ0n) is 15.4. The first-order valence-electron chi connectivity index (χ1n) is 8.85. The van der Waals surface area contributed by atoms with E-state index in [1.807, 2.05) is 42.7 Å². The Kier molecular flexibility index (Phi) is 4.54. The van der Waals surface area contributed by atoms with E-state index >= 15 is 0 Å². The van der Waals surface area contributed by atoms with Gasteiger partial charge >= 0.3 is 0 Å². The fourth-order valence-electron chi connectivity index (χ4n) is 3.40. The number of hydrogen-bond donors (Lipinski definition) is 1. The number of methoxy groups -OCH3 is 2. The molecule has 27 heavy (non-hydrogen) atoms. The third kappa shape index (κ3) is 3.03. The lowest BCUT2D eigenvalue weighted by atomic mass is 10.1. The number of benzene rings is 1. The summed E-state index contributed by atoms with van der Waals surface area (Å²) in [4.78, 5) is 17.7. The molecule has 0 saturated carbocycles. The number of fused-ring (bicyclic) bond motifs is 1. The van der Waals surface area contributed by atoms with Crippen LogP contribution in [0.2, 0.25) is 0 Å². The molecule has 0 aliphatic carbocycles. The molecule has 138 valence electrons. The number of aromatic nitrogens is 1. The molecule has 2 aromatic rings. The largest absolute Gasteiger partial charge is 0.493 e. The average molecular weight is 363 g/mol. The lowest BCUT2D eigenvalue weighted by Crippen LogP contribution is -2.37. The van der Waals surface area contributed by atoms with Crippen molar-refractivity contribution < 1.29 is 14.3 Å². The first kappa shape index (κ1) is 17.1. The Morgan fingerprint density at radius 2 is 2.07 bits per heavy atom. The summed E-state index contributed by atoms with van der Waals surface area (Å²) >= 11 is 0. The predicted octanol–water partition coefficient (Wildman–Crippen LogP) is 1.66. The van der Waals surface area contributed by atoms with Crippen molar-refractivity contribution in [2.75, 3.05) is 27.3 Å². The summed E-state index contributed by atoms with van der Waals surface area (Å²) in [6.07, 6.45) is 10.4. The maximum absolute atomic E-state index is 13.0. The zero-order chi connectivity index (χ0) is 18.8. The quantitative estimate of drug-likeness (QED) is 0.897. The maximum atomic E-state index is 13.0. The van der Waals surface area contributed by atoms with Gasteiger partial charge in [-0.25, -0.2) is 0 Å². The van der Waals surface area contributed by atoms with Gasteiger partial charge in [-0.3, -0.25) is 14.4 Å². The Balaban J connectivity index is 1.87. The van der Waals surface area contributed by atoms with Crippen molar-refractivity contribution in [2.24, 2.45) is 4.99 Å². The molecule has 2 aliphatic rings. The number of carbonyl (C=O) groups excluding carboxylic acids is 1. The average Bonchev–Trinajstić information content (AvgIpc) is 3.13. The van der Waals surface area contributed by atoms with Crippen LogP contribution in [0, 0.1) is 0 Å². The highest BCUT2D eigenvalue weighted by atomic mass is 16.5. The van der Waals surface area contributed by atoms with Gasteiger partial charge in [0.1, 0.15) is 5.49 Å². The molecule has 6 heteroatoms. The zero-order valence-corrected chi connectivity index (χ0v) is 15.4. The first-order valence-corrected chi connectivity index (χ1v) is 8.85. The molecular formula is C21H21N3O3. The summed E-state index contributed by atoms with van der Waals surface area (Å²) in [6, 6.07) is 5.77. The number of carbonyl (C=O) groups is 1. The molecule has 0 amide bonds. The van der Waals surface area contributed by atoms with Crippen LogP contribution in [0.5, 0.6) is 11.5 Å². The minimum absolute atomic E-state index is 0.0612. The monoisotopic (exact) mass is 363 g/mol. The molecule has 0 radical (unpaired) electrons. The van der Waals surface area contributed by atoms with Crippen LogP contribution in [0.15, 0.2) is 53.3 Å². The van der Waals surface area contributed by atoms with Crippen LogP contribution in [0.4, 0.5) is 0 Å². The van der Waals surface area contributed by atoms with Gasteiger partial charge in [-0.2, -0.15) is 0 Å². The summed E-state index contributed by atoms with van der Waals surface area (Å²) in [5.74, 6) is 1.26. The third-order valence-electron chi connectivity index (χ3n) is 4.75. The van der Waals surface area contributed by atoms with E-state index in [1.165, 1.54) is 0 Å². The number of nitrogens with zero attached hydrogens (tertiary/aromatic N) is 2. The Morgan fingerprint density at radius 3 is 2.81 bits per heavy atom. The molecule has 1 aromatic carbocycles. The van der Waals surface area contributed by atoms with Crippen molar-refractivity contribution in [3.05, 3.63) is 59.0 Å². The maximum Gasteiger partial charge on any atom is 0.261 e. The Hall–Kier alpha value is -3.28. The van der Waals surface area contributed by atoms with Crippen LogP contribution >= 0.6 is 0 Å². The Labute approximate surface area is 157 Å². The summed E-state index contributed by atoms with van der Waals surface area (Å²) < 4.78 is 12.4. The van der Waals surface area contributed by atoms with E-state index in [-0.39, 0.29) is 5.91 Å². The molecule has 0 saturated heterocycles. The highest BCUT2D eigenvalue weighted by Gasteiger charge is 2.19. The second-order valence-electron chi connectivity index (χ2n) is 6.33. The number of dihydropyridines is 1. The fourth-order valence-corrected chi connectivity index (χ4v) is 3.40. The summed E-state index contributed by atoms with van der Waals surface area (Å²) in [7, 11) is 3.23. The summed E-state index contributed by atoms with van der Waals surface area (Å²) in [5, 5.41) is 4.07. The normalized spacial score (nSPS) is 15.0. The van der Waals surface area contributed by atoms with Crippen LogP contribution in [0.1, 0.15) is 11.2 Å². The van der Waals surface area contributed by atoms with E-state index < -0.39 is 0 Å². The molecule has 4 rings (SSSR count). The lowest BCUT2D eigenvalue weighted by molar-refractivity contribution is 0.0948. The van der Waals surface area contributed by atoms with Crippen molar-refractivity contribution >= 4 is 12.0 Å². The predicted molar refractivity (Wildman–Crippen MR) is 104 cm³/mol. The number of nitrogens with one attached hydrogen (secondary N) is 1. The SMILES string of the molecule is COc1ccc(-c2cn(C(=O)C3=CC=CNC3)c3c2=CCCN=3)cc1OC. The van der Waals surface area contributed by atoms with E-state index in [4.69, 9.17) is 9.47 Å². The van der Waals surface area contributed by atoms with E-state index in [1.54, 1.807) is 18.8 Å². The van der Waals surface area contributed by atoms with Crippen LogP contribution in [-0.4, -0.2) is 37.8 Å². The van der Waals surface area contributed by atoms with E-state index in [2.05, 4.69) is 16.4 Å². The van der Waals surface area contributed by atoms with E-state index in [9.17, 15) is 4.79 Å². The summed E-state index contributed by atoms with van der Waals surface area (Å²) in [5.41, 5.74) is 3.34. The second kappa shape index (κ2) is 7.15. The lowest BCUT2D eigenvalue weighted by Gasteiger charge is -2.10. The van der Waals surface area contributed by atoms with Gasteiger partial charge in [0.05, 0.1) is 14.2 Å². The van der Waals surface area contributed by atoms with Crippen molar-refractivity contribution in [3.63, 3.8) is 0 Å².